The zero-order valence-electron chi connectivity index (χ0n) is 13.8. The number of ether oxygens (including phenoxy) is 1. The minimum atomic E-state index is -0.586. The van der Waals surface area contributed by atoms with Crippen LogP contribution in [0.1, 0.15) is 33.3 Å². The lowest BCUT2D eigenvalue weighted by Crippen LogP contribution is -2.41. The molecule has 5 nitrogen and oxygen atoms in total. The molecular weight excluding hydrogens is 281 g/mol. The second-order valence-corrected chi connectivity index (χ2v) is 6.47. The zero-order valence-corrected chi connectivity index (χ0v) is 13.8. The Labute approximate surface area is 132 Å². The summed E-state index contributed by atoms with van der Waals surface area (Å²) in [6.07, 6.45) is 1.82. The van der Waals surface area contributed by atoms with E-state index in [1.54, 1.807) is 19.2 Å². The lowest BCUT2D eigenvalue weighted by molar-refractivity contribution is 0.00578. The van der Waals surface area contributed by atoms with Crippen LogP contribution in [0.5, 0.6) is 5.75 Å². The van der Waals surface area contributed by atoms with Gasteiger partial charge in [0.05, 0.1) is 24.9 Å². The van der Waals surface area contributed by atoms with Gasteiger partial charge in [-0.15, -0.1) is 0 Å². The first-order valence-electron chi connectivity index (χ1n) is 7.30. The lowest BCUT2D eigenvalue weighted by Gasteiger charge is -2.32. The Kier molecular flexibility index (Phi) is 4.56. The number of nitrogens with two attached hydrogens (primary N) is 1. The van der Waals surface area contributed by atoms with Crippen molar-refractivity contribution < 1.29 is 19.2 Å². The fraction of sp³-hybridized carbons (Fsp3) is 0.500. The van der Waals surface area contributed by atoms with Crippen molar-refractivity contribution in [2.24, 2.45) is 0 Å². The number of hydrogen-bond acceptors (Lipinski definition) is 5. The molecule has 0 spiro atoms. The summed E-state index contributed by atoms with van der Waals surface area (Å²) in [5.74, 6) is 0.641. The van der Waals surface area contributed by atoms with E-state index in [4.69, 9.17) is 19.8 Å². The summed E-state index contributed by atoms with van der Waals surface area (Å²) >= 11 is 0. The maximum atomic E-state index is 9.71. The first kappa shape index (κ1) is 16.9. The van der Waals surface area contributed by atoms with Crippen LogP contribution >= 0.6 is 0 Å². The van der Waals surface area contributed by atoms with Crippen LogP contribution < -0.4 is 10.5 Å². The van der Waals surface area contributed by atoms with Crippen molar-refractivity contribution >= 4 is 18.9 Å². The molecule has 22 heavy (non-hydrogen) atoms. The number of aliphatic hydroxyl groups is 1. The highest BCUT2D eigenvalue weighted by molar-refractivity contribution is 6.55. The first-order valence-corrected chi connectivity index (χ1v) is 7.30. The average Bonchev–Trinajstić information content (AvgIpc) is 2.65. The van der Waals surface area contributed by atoms with Gasteiger partial charge < -0.3 is 24.9 Å². The molecule has 0 aliphatic carbocycles. The predicted molar refractivity (Wildman–Crippen MR) is 88.6 cm³/mol. The largest absolute Gasteiger partial charge is 0.496 e. The van der Waals surface area contributed by atoms with Crippen molar-refractivity contribution in [3.8, 4) is 5.75 Å². The fourth-order valence-electron chi connectivity index (χ4n) is 2.23. The fourth-order valence-corrected chi connectivity index (χ4v) is 2.23. The number of aliphatic hydroxyl groups excluding tert-OH is 1. The molecule has 120 valence electrons. The smallest absolute Gasteiger partial charge is 0.492 e. The topological polar surface area (TPSA) is 73.9 Å². The average molecular weight is 305 g/mol. The Balaban J connectivity index is 2.34. The van der Waals surface area contributed by atoms with Crippen LogP contribution in [0.15, 0.2) is 23.7 Å². The number of hydrogen-bond donors (Lipinski definition) is 2. The quantitative estimate of drug-likeness (QED) is 0.659. The molecule has 3 N–H and O–H groups in total. The van der Waals surface area contributed by atoms with Crippen molar-refractivity contribution in [3.63, 3.8) is 0 Å². The van der Waals surface area contributed by atoms with Crippen molar-refractivity contribution in [2.75, 3.05) is 19.5 Å². The van der Waals surface area contributed by atoms with E-state index in [2.05, 4.69) is 0 Å². The van der Waals surface area contributed by atoms with Gasteiger partial charge in [0.15, 0.2) is 0 Å². The van der Waals surface area contributed by atoms with E-state index in [1.165, 1.54) is 0 Å². The van der Waals surface area contributed by atoms with E-state index >= 15 is 0 Å². The Morgan fingerprint density at radius 3 is 2.36 bits per heavy atom. The molecule has 0 atom stereocenters. The summed E-state index contributed by atoms with van der Waals surface area (Å²) in [4.78, 5) is 0. The molecule has 1 aromatic carbocycles. The molecule has 0 saturated carbocycles. The summed E-state index contributed by atoms with van der Waals surface area (Å²) in [5.41, 5.74) is 6.94. The zero-order chi connectivity index (χ0) is 16.5. The van der Waals surface area contributed by atoms with Crippen molar-refractivity contribution in [2.45, 2.75) is 38.9 Å². The minimum Gasteiger partial charge on any atom is -0.496 e. The van der Waals surface area contributed by atoms with Gasteiger partial charge in [0.1, 0.15) is 5.75 Å². The number of nitrogen functional groups attached to an aromatic ring is 1. The SMILES string of the molecule is COc1cc(N)ccc1C=C(CO)B1OC(C)(C)C(C)(C)O1. The number of benzene rings is 1. The Hall–Kier alpha value is -1.50. The standard InChI is InChI=1S/C16H24BNO4/c1-15(2)16(3,4)22-17(21-15)12(10-19)8-11-6-7-13(18)9-14(11)20-5/h6-9,19H,10,18H2,1-5H3. The van der Waals surface area contributed by atoms with Crippen LogP contribution in [0.25, 0.3) is 6.08 Å². The van der Waals surface area contributed by atoms with Gasteiger partial charge in [-0.25, -0.2) is 0 Å². The highest BCUT2D eigenvalue weighted by Gasteiger charge is 2.52. The number of methoxy groups -OCH3 is 1. The molecular formula is C16H24BNO4. The van der Waals surface area contributed by atoms with Gasteiger partial charge in [-0.1, -0.05) is 6.08 Å². The normalized spacial score (nSPS) is 20.3. The van der Waals surface area contributed by atoms with E-state index in [9.17, 15) is 5.11 Å². The van der Waals surface area contributed by atoms with Crippen LogP contribution in [0.3, 0.4) is 0 Å². The molecule has 1 saturated heterocycles. The van der Waals surface area contributed by atoms with Gasteiger partial charge in [0, 0.05) is 17.3 Å². The molecule has 0 aromatic heterocycles. The van der Waals surface area contributed by atoms with Crippen LogP contribution in [0.4, 0.5) is 5.69 Å². The van der Waals surface area contributed by atoms with Gasteiger partial charge in [-0.2, -0.15) is 0 Å². The van der Waals surface area contributed by atoms with Crippen molar-refractivity contribution in [3.05, 3.63) is 29.2 Å². The summed E-state index contributed by atoms with van der Waals surface area (Å²) < 4.78 is 17.3. The predicted octanol–water partition coefficient (Wildman–Crippen LogP) is 2.28. The van der Waals surface area contributed by atoms with Gasteiger partial charge >= 0.3 is 7.12 Å². The van der Waals surface area contributed by atoms with E-state index in [1.807, 2.05) is 39.8 Å². The number of rotatable bonds is 4. The summed E-state index contributed by atoms with van der Waals surface area (Å²) in [6, 6.07) is 5.37. The highest BCUT2D eigenvalue weighted by Crippen LogP contribution is 2.39. The third-order valence-electron chi connectivity index (χ3n) is 4.34. The third-order valence-corrected chi connectivity index (χ3v) is 4.34. The molecule has 6 heteroatoms. The molecule has 1 aliphatic heterocycles. The second-order valence-electron chi connectivity index (χ2n) is 6.47. The van der Waals surface area contributed by atoms with Gasteiger partial charge in [0.25, 0.3) is 0 Å². The van der Waals surface area contributed by atoms with Crippen LogP contribution in [-0.4, -0.2) is 37.1 Å². The molecule has 0 radical (unpaired) electrons. The van der Waals surface area contributed by atoms with Gasteiger partial charge in [-0.05, 0) is 45.3 Å². The van der Waals surface area contributed by atoms with E-state index < -0.39 is 18.3 Å². The first-order chi connectivity index (χ1) is 10.2. The van der Waals surface area contributed by atoms with Crippen LogP contribution in [0, 0.1) is 0 Å². The summed E-state index contributed by atoms with van der Waals surface area (Å²) in [7, 11) is 0.997. The Morgan fingerprint density at radius 2 is 1.86 bits per heavy atom. The van der Waals surface area contributed by atoms with E-state index in [-0.39, 0.29) is 6.61 Å². The Bertz CT molecular complexity index is 568. The molecule has 1 aliphatic rings. The monoisotopic (exact) mass is 305 g/mol. The third kappa shape index (κ3) is 3.14. The molecule has 2 rings (SSSR count). The molecule has 0 bridgehead atoms. The van der Waals surface area contributed by atoms with Gasteiger partial charge in [0.2, 0.25) is 0 Å². The highest BCUT2D eigenvalue weighted by atomic mass is 16.7. The summed E-state index contributed by atoms with van der Waals surface area (Å²) in [5, 5.41) is 9.71. The maximum Gasteiger partial charge on any atom is 0.492 e. The maximum absolute atomic E-state index is 9.71. The van der Waals surface area contributed by atoms with Crippen molar-refractivity contribution in [1.82, 2.24) is 0 Å². The number of anilines is 1. The lowest BCUT2D eigenvalue weighted by atomic mass is 9.77. The van der Waals surface area contributed by atoms with E-state index in [0.717, 1.165) is 5.56 Å². The molecule has 0 amide bonds. The van der Waals surface area contributed by atoms with Crippen molar-refractivity contribution in [1.29, 1.82) is 0 Å². The van der Waals surface area contributed by atoms with Crippen LogP contribution in [0.2, 0.25) is 0 Å². The molecule has 0 unspecified atom stereocenters. The minimum absolute atomic E-state index is 0.162. The van der Waals surface area contributed by atoms with Crippen LogP contribution in [-0.2, 0) is 9.31 Å². The van der Waals surface area contributed by atoms with E-state index in [0.29, 0.717) is 16.9 Å². The molecule has 1 fully saturated rings. The molecule has 1 aromatic rings. The summed E-state index contributed by atoms with van der Waals surface area (Å²) in [6.45, 7) is 7.75. The second kappa shape index (κ2) is 5.95. The van der Waals surface area contributed by atoms with Gasteiger partial charge in [-0.3, -0.25) is 0 Å². The Morgan fingerprint density at radius 1 is 1.27 bits per heavy atom. The molecule has 1 heterocycles.